The van der Waals surface area contributed by atoms with Gasteiger partial charge in [-0.15, -0.1) is 0 Å². The van der Waals surface area contributed by atoms with Gasteiger partial charge in [-0.2, -0.15) is 4.39 Å². The van der Waals surface area contributed by atoms with Crippen molar-refractivity contribution in [1.82, 2.24) is 10.3 Å². The van der Waals surface area contributed by atoms with E-state index in [2.05, 4.69) is 38.0 Å². The Labute approximate surface area is 306 Å². The number of amides is 1. The predicted molar refractivity (Wildman–Crippen MR) is 182 cm³/mol. The second-order valence-corrected chi connectivity index (χ2v) is 18.3. The van der Waals surface area contributed by atoms with E-state index < -0.39 is 47.2 Å². The first-order valence-electron chi connectivity index (χ1n) is 20.1. The predicted octanol–water partition coefficient (Wildman–Crippen LogP) is 6.73. The van der Waals surface area contributed by atoms with Gasteiger partial charge in [-0.3, -0.25) is 4.79 Å². The number of hydrogen-bond donors (Lipinski definition) is 1. The first-order valence-corrected chi connectivity index (χ1v) is 20.1. The molecule has 16 atom stereocenters. The highest BCUT2D eigenvalue weighted by Crippen LogP contribution is 2.63. The van der Waals surface area contributed by atoms with Crippen molar-refractivity contribution in [1.29, 1.82) is 0 Å². The van der Waals surface area contributed by atoms with Crippen LogP contribution in [0.3, 0.4) is 0 Å². The quantitative estimate of drug-likeness (QED) is 0.239. The summed E-state index contributed by atoms with van der Waals surface area (Å²) in [5.74, 6) is -0.869. The smallest absolute Gasteiger partial charge is 0.223 e. The van der Waals surface area contributed by atoms with E-state index in [0.717, 1.165) is 56.9 Å². The number of halogens is 1. The van der Waals surface area contributed by atoms with Crippen molar-refractivity contribution in [3.8, 4) is 0 Å². The monoisotopic (exact) mass is 728 g/mol. The zero-order valence-electron chi connectivity index (χ0n) is 31.5. The van der Waals surface area contributed by atoms with Crippen LogP contribution >= 0.6 is 0 Å². The maximum atomic E-state index is 14.4. The van der Waals surface area contributed by atoms with Crippen LogP contribution in [0.5, 0.6) is 0 Å². The molecule has 0 radical (unpaired) electrons. The van der Waals surface area contributed by atoms with Gasteiger partial charge < -0.3 is 24.3 Å². The summed E-state index contributed by atoms with van der Waals surface area (Å²) in [7, 11) is 0. The molecule has 11 nitrogen and oxygen atoms in total. The third-order valence-corrected chi connectivity index (χ3v) is 15.2. The van der Waals surface area contributed by atoms with Gasteiger partial charge in [0.2, 0.25) is 23.4 Å². The zero-order chi connectivity index (χ0) is 36.2. The molecule has 10 fully saturated rings. The molecule has 9 heterocycles. The largest absolute Gasteiger partial charge is 0.352 e. The standard InChI is InChI=1S/C40H57FN2O9/c1-21-7-10-29-23(3)31(45-35-39(29)27(21)13-15-37(5,47-35)49-51-39)17-26(34(44)43-20-25-9-12-33(41)42-19-25)18-32-24(4)30-11-8-22(2)28-14-16-38(6)48-36(46-32)40(28,30)52-50-38/h9,12,19,21-24,26-32,35-36H,7-8,10-11,13-18,20H2,1-6H3,(H,43,44)/t21-,22-,23-,24-,27+,28+,29+,30+,31-,32-,35-,36-,37+,38+,39-,40-/m1/s1. The molecule has 2 saturated carbocycles. The fourth-order valence-corrected chi connectivity index (χ4v) is 12.2. The lowest BCUT2D eigenvalue weighted by atomic mass is 9.56. The zero-order valence-corrected chi connectivity index (χ0v) is 31.5. The van der Waals surface area contributed by atoms with E-state index >= 15 is 0 Å². The summed E-state index contributed by atoms with van der Waals surface area (Å²) in [6.45, 7) is 13.2. The number of carbonyl (C=O) groups excluding carboxylic acids is 1. The van der Waals surface area contributed by atoms with Crippen molar-refractivity contribution in [3.63, 3.8) is 0 Å². The lowest BCUT2D eigenvalue weighted by Crippen LogP contribution is -2.70. The number of nitrogens with zero attached hydrogens (tertiary/aromatic N) is 1. The van der Waals surface area contributed by atoms with Gasteiger partial charge >= 0.3 is 0 Å². The minimum Gasteiger partial charge on any atom is -0.352 e. The first kappa shape index (κ1) is 35.9. The molecule has 1 amide bonds. The Bertz CT molecular complexity index is 1440. The van der Waals surface area contributed by atoms with Crippen LogP contribution in [-0.2, 0) is 49.8 Å². The summed E-state index contributed by atoms with van der Waals surface area (Å²) in [4.78, 5) is 43.1. The van der Waals surface area contributed by atoms with Gasteiger partial charge in [0.15, 0.2) is 23.8 Å². The summed E-state index contributed by atoms with van der Waals surface area (Å²) < 4.78 is 40.9. The Hall–Kier alpha value is -1.77. The summed E-state index contributed by atoms with van der Waals surface area (Å²) in [6, 6.07) is 2.97. The third-order valence-electron chi connectivity index (χ3n) is 15.2. The summed E-state index contributed by atoms with van der Waals surface area (Å²) in [5.41, 5.74) is -0.613. The Morgan fingerprint density at radius 3 is 1.77 bits per heavy atom. The SMILES string of the molecule is C[C@H]1[C@@H](CC(C[C@H]2O[C@@H]3O[C@]4(C)CC[C@H]5[C@H](C)CC[C@@H]([C@H]2C)[C@@]35OO4)C(=O)NCc2ccc(F)nc2)O[C@@H]2O[C@]3(C)CC[C@H]4[C@H](C)CC[C@@H]1[C@@]24OO3. The van der Waals surface area contributed by atoms with Crippen LogP contribution in [0.1, 0.15) is 111 Å². The average Bonchev–Trinajstić information content (AvgIpc) is 3.49. The minimum absolute atomic E-state index is 0.0912. The Morgan fingerprint density at radius 2 is 1.29 bits per heavy atom. The van der Waals surface area contributed by atoms with Crippen molar-refractivity contribution in [2.75, 3.05) is 0 Å². The number of fused-ring (bicyclic) bond motifs is 4. The second-order valence-electron chi connectivity index (χ2n) is 18.3. The molecule has 12 heteroatoms. The molecule has 11 rings (SSSR count). The average molecular weight is 729 g/mol. The Morgan fingerprint density at radius 1 is 0.769 bits per heavy atom. The highest BCUT2D eigenvalue weighted by molar-refractivity contribution is 5.78. The van der Waals surface area contributed by atoms with Crippen LogP contribution in [0.15, 0.2) is 18.3 Å². The molecule has 2 aliphatic carbocycles. The molecule has 0 unspecified atom stereocenters. The van der Waals surface area contributed by atoms with Crippen LogP contribution in [0, 0.1) is 59.2 Å². The van der Waals surface area contributed by atoms with Crippen LogP contribution in [-0.4, -0.2) is 58.5 Å². The van der Waals surface area contributed by atoms with E-state index in [0.29, 0.717) is 24.7 Å². The molecule has 1 aromatic heterocycles. The van der Waals surface area contributed by atoms with Gasteiger partial charge in [-0.25, -0.2) is 24.5 Å². The van der Waals surface area contributed by atoms with Gasteiger partial charge in [0, 0.05) is 43.3 Å². The number of pyridine rings is 1. The maximum Gasteiger partial charge on any atom is 0.223 e. The number of hydrogen-bond acceptors (Lipinski definition) is 10. The van der Waals surface area contributed by atoms with Crippen molar-refractivity contribution >= 4 is 5.91 Å². The lowest BCUT2D eigenvalue weighted by molar-refractivity contribution is -0.571. The molecule has 1 aromatic rings. The topological polar surface area (TPSA) is 116 Å². The molecule has 4 bridgehead atoms. The van der Waals surface area contributed by atoms with Crippen LogP contribution in [0.25, 0.3) is 0 Å². The molecule has 8 aliphatic heterocycles. The van der Waals surface area contributed by atoms with Crippen LogP contribution in [0.4, 0.5) is 4.39 Å². The number of nitrogens with one attached hydrogen (secondary N) is 1. The number of rotatable bonds is 7. The number of aromatic nitrogens is 1. The molecule has 0 aromatic carbocycles. The molecular formula is C40H57FN2O9. The second kappa shape index (κ2) is 12.9. The summed E-state index contributed by atoms with van der Waals surface area (Å²) >= 11 is 0. The van der Waals surface area contributed by atoms with Crippen LogP contribution < -0.4 is 5.32 Å². The Kier molecular flexibility index (Phi) is 8.90. The van der Waals surface area contributed by atoms with Crippen molar-refractivity contribution in [2.45, 2.75) is 160 Å². The van der Waals surface area contributed by atoms with Gasteiger partial charge in [0.05, 0.1) is 12.2 Å². The fraction of sp³-hybridized carbons (Fsp3) is 0.850. The third kappa shape index (κ3) is 5.55. The van der Waals surface area contributed by atoms with Crippen molar-refractivity contribution in [3.05, 3.63) is 29.8 Å². The van der Waals surface area contributed by atoms with E-state index in [-0.39, 0.29) is 60.2 Å². The molecule has 288 valence electrons. The summed E-state index contributed by atoms with van der Waals surface area (Å²) in [5, 5.41) is 3.16. The molecule has 1 N–H and O–H groups in total. The summed E-state index contributed by atoms with van der Waals surface area (Å²) in [6.07, 6.45) is 8.38. The highest BCUT2D eigenvalue weighted by Gasteiger charge is 2.71. The molecule has 2 spiro atoms. The van der Waals surface area contributed by atoms with E-state index in [9.17, 15) is 9.18 Å². The first-order chi connectivity index (χ1) is 24.8. The van der Waals surface area contributed by atoms with E-state index in [1.807, 2.05) is 13.8 Å². The molecule has 8 saturated heterocycles. The fourth-order valence-electron chi connectivity index (χ4n) is 12.2. The van der Waals surface area contributed by atoms with Gasteiger partial charge in [-0.1, -0.05) is 33.8 Å². The van der Waals surface area contributed by atoms with Gasteiger partial charge in [0.1, 0.15) is 0 Å². The number of carbonyl (C=O) groups is 1. The van der Waals surface area contributed by atoms with Crippen molar-refractivity contribution in [2.24, 2.45) is 53.3 Å². The highest BCUT2D eigenvalue weighted by atomic mass is 19.1. The van der Waals surface area contributed by atoms with E-state index in [1.54, 1.807) is 6.07 Å². The van der Waals surface area contributed by atoms with E-state index in [1.165, 1.54) is 12.3 Å². The van der Waals surface area contributed by atoms with Crippen LogP contribution in [0.2, 0.25) is 0 Å². The Balaban J connectivity index is 1.00. The van der Waals surface area contributed by atoms with Crippen molar-refractivity contribution < 1.29 is 47.7 Å². The van der Waals surface area contributed by atoms with E-state index in [4.69, 9.17) is 38.5 Å². The van der Waals surface area contributed by atoms with Gasteiger partial charge in [-0.05, 0) is 112 Å². The number of ether oxygens (including phenoxy) is 4. The normalized spacial score (nSPS) is 51.1. The molecule has 10 aliphatic rings. The lowest BCUT2D eigenvalue weighted by Gasteiger charge is -2.61. The van der Waals surface area contributed by atoms with Gasteiger partial charge in [0.25, 0.3) is 0 Å². The molecular weight excluding hydrogens is 671 g/mol. The molecule has 52 heavy (non-hydrogen) atoms. The maximum absolute atomic E-state index is 14.4. The minimum atomic E-state index is -0.875.